The van der Waals surface area contributed by atoms with Gasteiger partial charge in [0.2, 0.25) is 0 Å². The quantitative estimate of drug-likeness (QED) is 0.513. The van der Waals surface area contributed by atoms with Crippen LogP contribution in [0.1, 0.15) is 33.3 Å². The summed E-state index contributed by atoms with van der Waals surface area (Å²) < 4.78 is 39.1. The monoisotopic (exact) mass is 351 g/mol. The predicted molar refractivity (Wildman–Crippen MR) is 75.8 cm³/mol. The van der Waals surface area contributed by atoms with E-state index in [4.69, 9.17) is 0 Å². The van der Waals surface area contributed by atoms with Crippen LogP contribution in [-0.2, 0) is 6.18 Å². The maximum Gasteiger partial charge on any atom is 0.418 e. The molecule has 1 aromatic carbocycles. The van der Waals surface area contributed by atoms with Gasteiger partial charge < -0.3 is 0 Å². The Bertz CT molecular complexity index is 476. The molecule has 0 N–H and O–H groups in total. The molecule has 0 aliphatic carbocycles. The maximum atomic E-state index is 12.9. The summed E-state index contributed by atoms with van der Waals surface area (Å²) in [6, 6.07) is 3.94. The number of benzene rings is 1. The Morgan fingerprint density at radius 1 is 1.10 bits per heavy atom. The molecule has 0 spiro atoms. The van der Waals surface area contributed by atoms with Crippen molar-refractivity contribution in [2.24, 2.45) is 10.3 Å². The average Bonchev–Trinajstić information content (AvgIpc) is 2.28. The highest BCUT2D eigenvalue weighted by Crippen LogP contribution is 2.40. The zero-order chi connectivity index (χ0) is 15.5. The van der Waals surface area contributed by atoms with E-state index in [0.29, 0.717) is 0 Å². The summed E-state index contributed by atoms with van der Waals surface area (Å²) in [4.78, 5) is 0. The first kappa shape index (κ1) is 16.9. The summed E-state index contributed by atoms with van der Waals surface area (Å²) in [6.07, 6.45) is -4.46. The zero-order valence-corrected chi connectivity index (χ0v) is 13.3. The highest BCUT2D eigenvalue weighted by molar-refractivity contribution is 9.10. The Labute approximate surface area is 125 Å². The van der Waals surface area contributed by atoms with Gasteiger partial charge in [0.25, 0.3) is 0 Å². The van der Waals surface area contributed by atoms with Crippen molar-refractivity contribution in [1.82, 2.24) is 5.01 Å². The van der Waals surface area contributed by atoms with Crippen LogP contribution in [0.3, 0.4) is 0 Å². The first-order valence-corrected chi connectivity index (χ1v) is 6.99. The van der Waals surface area contributed by atoms with E-state index >= 15 is 0 Å². The molecule has 3 nitrogen and oxygen atoms in total. The fourth-order valence-corrected chi connectivity index (χ4v) is 2.19. The third-order valence-corrected chi connectivity index (χ3v) is 3.24. The molecule has 0 atom stereocenters. The largest absolute Gasteiger partial charge is 0.418 e. The Balaban J connectivity index is 3.20. The number of nitrogens with zero attached hydrogens (tertiary/aromatic N) is 3. The van der Waals surface area contributed by atoms with Gasteiger partial charge >= 0.3 is 6.18 Å². The van der Waals surface area contributed by atoms with E-state index in [1.807, 2.05) is 27.7 Å². The van der Waals surface area contributed by atoms with Crippen molar-refractivity contribution >= 4 is 21.6 Å². The molecule has 7 heteroatoms. The Morgan fingerprint density at radius 2 is 1.65 bits per heavy atom. The van der Waals surface area contributed by atoms with Gasteiger partial charge in [0.1, 0.15) is 5.69 Å². The Hall–Kier alpha value is -1.11. The van der Waals surface area contributed by atoms with Crippen molar-refractivity contribution in [1.29, 1.82) is 0 Å². The van der Waals surface area contributed by atoms with Crippen LogP contribution < -0.4 is 0 Å². The molecule has 1 rings (SSSR count). The standard InChI is InChI=1S/C13H17BrF3N3/c1-8(2)20(9(3)4)19-18-12-10(13(15,16)17)6-5-7-11(12)14/h5-9H,1-4H3. The summed E-state index contributed by atoms with van der Waals surface area (Å²) in [5.41, 5.74) is -1.01. The van der Waals surface area contributed by atoms with E-state index < -0.39 is 11.7 Å². The van der Waals surface area contributed by atoms with Crippen molar-refractivity contribution in [2.45, 2.75) is 46.0 Å². The van der Waals surface area contributed by atoms with Crippen LogP contribution in [0.25, 0.3) is 0 Å². The first-order valence-electron chi connectivity index (χ1n) is 6.20. The van der Waals surface area contributed by atoms with Gasteiger partial charge in [0.15, 0.2) is 0 Å². The van der Waals surface area contributed by atoms with Crippen molar-refractivity contribution < 1.29 is 13.2 Å². The summed E-state index contributed by atoms with van der Waals surface area (Å²) in [5, 5.41) is 9.41. The molecular weight excluding hydrogens is 335 g/mol. The van der Waals surface area contributed by atoms with Crippen LogP contribution in [0, 0.1) is 0 Å². The number of hydrogen-bond donors (Lipinski definition) is 0. The number of hydrogen-bond acceptors (Lipinski definition) is 2. The minimum Gasteiger partial charge on any atom is -0.273 e. The van der Waals surface area contributed by atoms with Gasteiger partial charge in [-0.15, -0.1) is 5.11 Å². The molecule has 0 bridgehead atoms. The van der Waals surface area contributed by atoms with Gasteiger partial charge in [-0.1, -0.05) is 11.3 Å². The SMILES string of the molecule is CC(C)N(N=Nc1c(Br)cccc1C(F)(F)F)C(C)C. The molecule has 0 radical (unpaired) electrons. The number of halogens is 4. The van der Waals surface area contributed by atoms with E-state index in [9.17, 15) is 13.2 Å². The molecule has 0 amide bonds. The summed E-state index contributed by atoms with van der Waals surface area (Å²) >= 11 is 3.09. The van der Waals surface area contributed by atoms with E-state index in [1.54, 1.807) is 5.01 Å². The van der Waals surface area contributed by atoms with Crippen molar-refractivity contribution in [3.05, 3.63) is 28.2 Å². The van der Waals surface area contributed by atoms with Crippen molar-refractivity contribution in [3.63, 3.8) is 0 Å². The highest BCUT2D eigenvalue weighted by Gasteiger charge is 2.34. The lowest BCUT2D eigenvalue weighted by molar-refractivity contribution is -0.137. The summed E-state index contributed by atoms with van der Waals surface area (Å²) in [7, 11) is 0. The lowest BCUT2D eigenvalue weighted by Crippen LogP contribution is -2.31. The molecule has 0 unspecified atom stereocenters. The molecule has 0 aliphatic heterocycles. The Kier molecular flexibility index (Phi) is 5.56. The average molecular weight is 352 g/mol. The first-order chi connectivity index (χ1) is 9.14. The van der Waals surface area contributed by atoms with Gasteiger partial charge in [-0.05, 0) is 55.8 Å². The minimum atomic E-state index is -4.46. The second-order valence-electron chi connectivity index (χ2n) is 4.89. The third-order valence-electron chi connectivity index (χ3n) is 2.60. The van der Waals surface area contributed by atoms with Gasteiger partial charge in [-0.3, -0.25) is 5.01 Å². The van der Waals surface area contributed by atoms with Gasteiger partial charge in [-0.25, -0.2) is 0 Å². The lowest BCUT2D eigenvalue weighted by Gasteiger charge is -2.25. The minimum absolute atomic E-state index is 0.0515. The molecule has 0 saturated carbocycles. The van der Waals surface area contributed by atoms with Crippen LogP contribution >= 0.6 is 15.9 Å². The van der Waals surface area contributed by atoms with Gasteiger partial charge in [0.05, 0.1) is 5.56 Å². The molecule has 0 aromatic heterocycles. The summed E-state index contributed by atoms with van der Waals surface area (Å²) in [6.45, 7) is 7.63. The fraction of sp³-hybridized carbons (Fsp3) is 0.538. The van der Waals surface area contributed by atoms with E-state index in [1.165, 1.54) is 12.1 Å². The highest BCUT2D eigenvalue weighted by atomic mass is 79.9. The van der Waals surface area contributed by atoms with E-state index in [-0.39, 0.29) is 22.2 Å². The fourth-order valence-electron chi connectivity index (χ4n) is 1.74. The second-order valence-corrected chi connectivity index (χ2v) is 5.75. The van der Waals surface area contributed by atoms with Crippen LogP contribution in [0.4, 0.5) is 18.9 Å². The smallest absolute Gasteiger partial charge is 0.273 e. The second kappa shape index (κ2) is 6.56. The van der Waals surface area contributed by atoms with E-state index in [0.717, 1.165) is 6.07 Å². The van der Waals surface area contributed by atoms with Crippen LogP contribution in [0.2, 0.25) is 0 Å². The topological polar surface area (TPSA) is 28.0 Å². The molecule has 0 saturated heterocycles. The lowest BCUT2D eigenvalue weighted by atomic mass is 10.2. The maximum absolute atomic E-state index is 12.9. The van der Waals surface area contributed by atoms with Crippen molar-refractivity contribution in [2.75, 3.05) is 0 Å². The van der Waals surface area contributed by atoms with Crippen LogP contribution in [0.15, 0.2) is 33.0 Å². The van der Waals surface area contributed by atoms with Crippen LogP contribution in [0.5, 0.6) is 0 Å². The molecular formula is C13H17BrF3N3. The molecule has 1 aromatic rings. The number of alkyl halides is 3. The molecule has 20 heavy (non-hydrogen) atoms. The van der Waals surface area contributed by atoms with Crippen LogP contribution in [-0.4, -0.2) is 17.1 Å². The normalized spacial score (nSPS) is 12.7. The molecule has 112 valence electrons. The predicted octanol–water partition coefficient (Wildman–Crippen LogP) is 5.59. The van der Waals surface area contributed by atoms with Gasteiger partial charge in [-0.2, -0.15) is 13.2 Å². The molecule has 0 heterocycles. The molecule has 0 aliphatic rings. The van der Waals surface area contributed by atoms with Gasteiger partial charge in [0, 0.05) is 16.6 Å². The molecule has 0 fully saturated rings. The zero-order valence-electron chi connectivity index (χ0n) is 11.7. The summed E-state index contributed by atoms with van der Waals surface area (Å²) in [5.74, 6) is 0. The Morgan fingerprint density at radius 3 is 2.10 bits per heavy atom. The van der Waals surface area contributed by atoms with E-state index in [2.05, 4.69) is 26.3 Å². The number of rotatable bonds is 4. The third kappa shape index (κ3) is 4.19. The van der Waals surface area contributed by atoms with Crippen molar-refractivity contribution in [3.8, 4) is 0 Å².